The van der Waals surface area contributed by atoms with Crippen LogP contribution >= 0.6 is 11.3 Å². The molecule has 1 aromatic carbocycles. The Morgan fingerprint density at radius 2 is 1.88 bits per heavy atom. The molecule has 25 heavy (non-hydrogen) atoms. The first-order valence-electron chi connectivity index (χ1n) is 7.52. The Labute approximate surface area is 150 Å². The Bertz CT molecular complexity index is 826. The molecule has 1 unspecified atom stereocenters. The van der Waals surface area contributed by atoms with E-state index < -0.39 is 21.9 Å². The highest BCUT2D eigenvalue weighted by atomic mass is 32.2. The minimum atomic E-state index is -3.13. The van der Waals surface area contributed by atoms with Crippen LogP contribution in [0, 0.1) is 0 Å². The number of sulfone groups is 1. The third-order valence-electron chi connectivity index (χ3n) is 3.29. The van der Waals surface area contributed by atoms with Crippen molar-refractivity contribution < 1.29 is 22.7 Å². The molecule has 0 saturated carbocycles. The molecular formula is C17H19NO5S2. The van der Waals surface area contributed by atoms with Gasteiger partial charge in [0.1, 0.15) is 0 Å². The van der Waals surface area contributed by atoms with Crippen LogP contribution in [0.5, 0.6) is 0 Å². The maximum Gasteiger partial charge on any atom is 0.338 e. The molecule has 0 aliphatic heterocycles. The summed E-state index contributed by atoms with van der Waals surface area (Å²) in [4.78, 5) is 25.0. The molecule has 6 nitrogen and oxygen atoms in total. The van der Waals surface area contributed by atoms with E-state index in [1.165, 1.54) is 30.4 Å². The number of benzene rings is 1. The lowest BCUT2D eigenvalue weighted by Crippen LogP contribution is -2.35. The first-order chi connectivity index (χ1) is 11.7. The first kappa shape index (κ1) is 19.1. The largest absolute Gasteiger partial charge is 0.449 e. The van der Waals surface area contributed by atoms with Crippen LogP contribution < -0.4 is 5.32 Å². The molecule has 1 heterocycles. The molecule has 1 amide bonds. The summed E-state index contributed by atoms with van der Waals surface area (Å²) < 4.78 is 27.6. The molecule has 0 aliphatic carbocycles. The van der Waals surface area contributed by atoms with Crippen molar-refractivity contribution in [2.24, 2.45) is 0 Å². The van der Waals surface area contributed by atoms with Gasteiger partial charge in [0.05, 0.1) is 17.9 Å². The minimum Gasteiger partial charge on any atom is -0.449 e. The average Bonchev–Trinajstić information content (AvgIpc) is 3.05. The summed E-state index contributed by atoms with van der Waals surface area (Å²) in [5, 5.41) is 4.62. The normalized spacial score (nSPS) is 12.4. The predicted octanol–water partition coefficient (Wildman–Crippen LogP) is 2.15. The summed E-state index contributed by atoms with van der Waals surface area (Å²) in [7, 11) is -3.13. The molecule has 0 aliphatic rings. The standard InChI is InChI=1S/C17H19NO5S2/c1-12(16(19)18-10-15-4-3-9-24-15)23-17(20)14-7-5-13(6-8-14)11-25(2,21)22/h3-9,12H,10-11H2,1-2H3,(H,18,19). The average molecular weight is 381 g/mol. The van der Waals surface area contributed by atoms with Crippen LogP contribution in [0.25, 0.3) is 0 Å². The van der Waals surface area contributed by atoms with Gasteiger partial charge < -0.3 is 10.1 Å². The van der Waals surface area contributed by atoms with Crippen LogP contribution in [0.2, 0.25) is 0 Å². The van der Waals surface area contributed by atoms with Crippen molar-refractivity contribution in [1.82, 2.24) is 5.32 Å². The van der Waals surface area contributed by atoms with Crippen molar-refractivity contribution in [3.63, 3.8) is 0 Å². The summed E-state index contributed by atoms with van der Waals surface area (Å²) in [6.45, 7) is 1.89. The van der Waals surface area contributed by atoms with Crippen molar-refractivity contribution in [2.45, 2.75) is 25.3 Å². The molecule has 0 spiro atoms. The van der Waals surface area contributed by atoms with E-state index >= 15 is 0 Å². The second-order valence-corrected chi connectivity index (χ2v) is 8.78. The second kappa shape index (κ2) is 8.26. The molecule has 8 heteroatoms. The maximum absolute atomic E-state index is 12.1. The fourth-order valence-corrected chi connectivity index (χ4v) is 3.50. The van der Waals surface area contributed by atoms with E-state index in [0.29, 0.717) is 12.1 Å². The molecule has 0 saturated heterocycles. The predicted molar refractivity (Wildman–Crippen MR) is 96.0 cm³/mol. The maximum atomic E-state index is 12.1. The number of thiophene rings is 1. The van der Waals surface area contributed by atoms with Gasteiger partial charge in [-0.05, 0) is 36.1 Å². The van der Waals surface area contributed by atoms with Gasteiger partial charge in [0.2, 0.25) is 0 Å². The van der Waals surface area contributed by atoms with Gasteiger partial charge in [0.15, 0.2) is 15.9 Å². The molecule has 1 aromatic heterocycles. The van der Waals surface area contributed by atoms with E-state index in [2.05, 4.69) is 5.32 Å². The summed E-state index contributed by atoms with van der Waals surface area (Å²) >= 11 is 1.53. The first-order valence-corrected chi connectivity index (χ1v) is 10.5. The number of hydrogen-bond acceptors (Lipinski definition) is 6. The van der Waals surface area contributed by atoms with E-state index in [1.54, 1.807) is 12.1 Å². The number of carbonyl (C=O) groups excluding carboxylic acids is 2. The molecule has 2 rings (SSSR count). The lowest BCUT2D eigenvalue weighted by molar-refractivity contribution is -0.129. The Hall–Kier alpha value is -2.19. The summed E-state index contributed by atoms with van der Waals surface area (Å²) in [6.07, 6.45) is 0.217. The van der Waals surface area contributed by atoms with Gasteiger partial charge in [-0.25, -0.2) is 13.2 Å². The van der Waals surface area contributed by atoms with Crippen LogP contribution in [0.1, 0.15) is 27.7 Å². The number of carbonyl (C=O) groups is 2. The van der Waals surface area contributed by atoms with E-state index in [9.17, 15) is 18.0 Å². The Morgan fingerprint density at radius 1 is 1.20 bits per heavy atom. The van der Waals surface area contributed by atoms with Crippen LogP contribution in [-0.4, -0.2) is 32.7 Å². The van der Waals surface area contributed by atoms with Gasteiger partial charge in [-0.3, -0.25) is 4.79 Å². The van der Waals surface area contributed by atoms with Gasteiger partial charge in [-0.2, -0.15) is 0 Å². The lowest BCUT2D eigenvalue weighted by atomic mass is 10.1. The third-order valence-corrected chi connectivity index (χ3v) is 5.02. The second-order valence-electron chi connectivity index (χ2n) is 5.61. The summed E-state index contributed by atoms with van der Waals surface area (Å²) in [5.74, 6) is -1.11. The van der Waals surface area contributed by atoms with E-state index in [-0.39, 0.29) is 17.2 Å². The fraction of sp³-hybridized carbons (Fsp3) is 0.294. The lowest BCUT2D eigenvalue weighted by Gasteiger charge is -2.13. The molecule has 0 fully saturated rings. The third kappa shape index (κ3) is 6.32. The highest BCUT2D eigenvalue weighted by Crippen LogP contribution is 2.11. The Morgan fingerprint density at radius 3 is 2.44 bits per heavy atom. The highest BCUT2D eigenvalue weighted by Gasteiger charge is 2.19. The SMILES string of the molecule is CC(OC(=O)c1ccc(CS(C)(=O)=O)cc1)C(=O)NCc1cccs1. The smallest absolute Gasteiger partial charge is 0.338 e. The quantitative estimate of drug-likeness (QED) is 0.743. The molecule has 2 aromatic rings. The van der Waals surface area contributed by atoms with Gasteiger partial charge >= 0.3 is 5.97 Å². The number of amides is 1. The zero-order valence-electron chi connectivity index (χ0n) is 13.9. The summed E-state index contributed by atoms with van der Waals surface area (Å²) in [5.41, 5.74) is 0.843. The Kier molecular flexibility index (Phi) is 6.33. The number of ether oxygens (including phenoxy) is 1. The van der Waals surface area contributed by atoms with Crippen LogP contribution in [0.4, 0.5) is 0 Å². The van der Waals surface area contributed by atoms with E-state index in [4.69, 9.17) is 4.74 Å². The van der Waals surface area contributed by atoms with Crippen LogP contribution in [-0.2, 0) is 31.7 Å². The van der Waals surface area contributed by atoms with Crippen molar-refractivity contribution >= 4 is 33.1 Å². The number of hydrogen-bond donors (Lipinski definition) is 1. The van der Waals surface area contributed by atoms with Gasteiger partial charge in [0.25, 0.3) is 5.91 Å². The van der Waals surface area contributed by atoms with E-state index in [0.717, 1.165) is 11.1 Å². The number of nitrogens with one attached hydrogen (secondary N) is 1. The molecule has 0 bridgehead atoms. The molecule has 134 valence electrons. The molecule has 0 radical (unpaired) electrons. The van der Waals surface area contributed by atoms with Gasteiger partial charge in [-0.1, -0.05) is 18.2 Å². The minimum absolute atomic E-state index is 0.0934. The highest BCUT2D eigenvalue weighted by molar-refractivity contribution is 7.89. The van der Waals surface area contributed by atoms with Gasteiger partial charge in [0, 0.05) is 11.1 Å². The van der Waals surface area contributed by atoms with Crippen molar-refractivity contribution in [3.8, 4) is 0 Å². The molecular weight excluding hydrogens is 362 g/mol. The number of esters is 1. The van der Waals surface area contributed by atoms with Crippen LogP contribution in [0.3, 0.4) is 0 Å². The number of rotatable bonds is 7. The zero-order valence-corrected chi connectivity index (χ0v) is 15.5. The Balaban J connectivity index is 1.88. The molecule has 1 atom stereocenters. The van der Waals surface area contributed by atoms with E-state index in [1.807, 2.05) is 17.5 Å². The van der Waals surface area contributed by atoms with Crippen molar-refractivity contribution in [1.29, 1.82) is 0 Å². The van der Waals surface area contributed by atoms with Crippen molar-refractivity contribution in [2.75, 3.05) is 6.26 Å². The monoisotopic (exact) mass is 381 g/mol. The van der Waals surface area contributed by atoms with Crippen LogP contribution in [0.15, 0.2) is 41.8 Å². The molecule has 1 N–H and O–H groups in total. The topological polar surface area (TPSA) is 89.5 Å². The van der Waals surface area contributed by atoms with Gasteiger partial charge in [-0.15, -0.1) is 11.3 Å². The van der Waals surface area contributed by atoms with Crippen molar-refractivity contribution in [3.05, 3.63) is 57.8 Å². The summed E-state index contributed by atoms with van der Waals surface area (Å²) in [6, 6.07) is 9.87. The fourth-order valence-electron chi connectivity index (χ4n) is 2.05. The zero-order chi connectivity index (χ0) is 18.4.